The third-order valence-corrected chi connectivity index (χ3v) is 3.29. The zero-order chi connectivity index (χ0) is 13.8. The van der Waals surface area contributed by atoms with Crippen LogP contribution in [0.5, 0.6) is 0 Å². The van der Waals surface area contributed by atoms with Crippen molar-refractivity contribution in [3.8, 4) is 0 Å². The highest BCUT2D eigenvalue weighted by Crippen LogP contribution is 2.34. The van der Waals surface area contributed by atoms with E-state index in [-0.39, 0.29) is 0 Å². The van der Waals surface area contributed by atoms with Crippen LogP contribution in [-0.2, 0) is 0 Å². The first-order chi connectivity index (χ1) is 9.84. The predicted molar refractivity (Wildman–Crippen MR) is 85.9 cm³/mol. The molecule has 0 bridgehead atoms. The smallest absolute Gasteiger partial charge is 0.0464 e. The van der Waals surface area contributed by atoms with Crippen LogP contribution < -0.4 is 4.90 Å². The van der Waals surface area contributed by atoms with E-state index in [0.717, 1.165) is 0 Å². The van der Waals surface area contributed by atoms with Gasteiger partial charge in [0.05, 0.1) is 0 Å². The SMILES string of the molecule is Cc1cccc(N(c2ccccc2)c2ccccc2)c1. The highest BCUT2D eigenvalue weighted by molar-refractivity contribution is 5.76. The molecule has 0 heterocycles. The lowest BCUT2D eigenvalue weighted by Crippen LogP contribution is -2.09. The Morgan fingerprint density at radius 1 is 0.550 bits per heavy atom. The van der Waals surface area contributed by atoms with Crippen LogP contribution in [0.2, 0.25) is 0 Å². The van der Waals surface area contributed by atoms with Gasteiger partial charge in [-0.3, -0.25) is 0 Å². The van der Waals surface area contributed by atoms with Gasteiger partial charge < -0.3 is 4.90 Å². The molecule has 20 heavy (non-hydrogen) atoms. The van der Waals surface area contributed by atoms with Crippen LogP contribution in [0.1, 0.15) is 5.56 Å². The molecule has 3 aromatic rings. The maximum absolute atomic E-state index is 2.27. The third kappa shape index (κ3) is 2.57. The summed E-state index contributed by atoms with van der Waals surface area (Å²) in [6.45, 7) is 2.12. The lowest BCUT2D eigenvalue weighted by Gasteiger charge is -2.25. The number of para-hydroxylation sites is 2. The summed E-state index contributed by atoms with van der Waals surface area (Å²) in [6.07, 6.45) is 0. The van der Waals surface area contributed by atoms with Crippen molar-refractivity contribution < 1.29 is 0 Å². The van der Waals surface area contributed by atoms with Crippen molar-refractivity contribution in [3.63, 3.8) is 0 Å². The Morgan fingerprint density at radius 2 is 1.05 bits per heavy atom. The molecule has 1 nitrogen and oxygen atoms in total. The quantitative estimate of drug-likeness (QED) is 0.603. The summed E-state index contributed by atoms with van der Waals surface area (Å²) in [5, 5.41) is 0. The lowest BCUT2D eigenvalue weighted by atomic mass is 10.1. The van der Waals surface area contributed by atoms with Gasteiger partial charge in [0, 0.05) is 17.1 Å². The predicted octanol–water partition coefficient (Wildman–Crippen LogP) is 5.46. The van der Waals surface area contributed by atoms with Crippen LogP contribution in [-0.4, -0.2) is 0 Å². The highest BCUT2D eigenvalue weighted by atomic mass is 15.1. The molecule has 0 unspecified atom stereocenters. The second-order valence-corrected chi connectivity index (χ2v) is 4.85. The summed E-state index contributed by atoms with van der Waals surface area (Å²) in [7, 11) is 0. The largest absolute Gasteiger partial charge is 0.310 e. The minimum Gasteiger partial charge on any atom is -0.310 e. The second kappa shape index (κ2) is 5.62. The standard InChI is InChI=1S/C19H17N/c1-16-9-8-14-19(15-16)20(17-10-4-2-5-11-17)18-12-6-3-7-13-18/h2-15H,1H3. The molecule has 0 aliphatic heterocycles. The van der Waals surface area contributed by atoms with Crippen LogP contribution in [0, 0.1) is 6.92 Å². The maximum atomic E-state index is 2.27. The van der Waals surface area contributed by atoms with Gasteiger partial charge in [-0.1, -0.05) is 48.5 Å². The van der Waals surface area contributed by atoms with Gasteiger partial charge in [0.15, 0.2) is 0 Å². The van der Waals surface area contributed by atoms with E-state index in [1.807, 2.05) is 12.1 Å². The molecule has 98 valence electrons. The maximum Gasteiger partial charge on any atom is 0.0464 e. The number of hydrogen-bond acceptors (Lipinski definition) is 1. The minimum absolute atomic E-state index is 1.17. The molecule has 0 aromatic heterocycles. The van der Waals surface area contributed by atoms with Gasteiger partial charge in [-0.05, 0) is 48.9 Å². The number of anilines is 3. The number of hydrogen-bond donors (Lipinski definition) is 0. The van der Waals surface area contributed by atoms with E-state index in [2.05, 4.69) is 84.6 Å². The van der Waals surface area contributed by atoms with E-state index >= 15 is 0 Å². The zero-order valence-corrected chi connectivity index (χ0v) is 11.5. The van der Waals surface area contributed by atoms with Crippen LogP contribution >= 0.6 is 0 Å². The van der Waals surface area contributed by atoms with Crippen LogP contribution in [0.15, 0.2) is 84.9 Å². The number of benzene rings is 3. The number of aryl methyl sites for hydroxylation is 1. The van der Waals surface area contributed by atoms with E-state index in [0.29, 0.717) is 0 Å². The molecular weight excluding hydrogens is 242 g/mol. The van der Waals surface area contributed by atoms with Crippen molar-refractivity contribution in [1.29, 1.82) is 0 Å². The van der Waals surface area contributed by atoms with Gasteiger partial charge in [0.1, 0.15) is 0 Å². The Labute approximate surface area is 120 Å². The van der Waals surface area contributed by atoms with Crippen molar-refractivity contribution in [2.24, 2.45) is 0 Å². The summed E-state index contributed by atoms with van der Waals surface area (Å²) in [5.41, 5.74) is 4.79. The molecule has 0 fully saturated rings. The summed E-state index contributed by atoms with van der Waals surface area (Å²) >= 11 is 0. The summed E-state index contributed by atoms with van der Waals surface area (Å²) in [6, 6.07) is 29.5. The molecule has 3 rings (SSSR count). The molecule has 0 N–H and O–H groups in total. The minimum atomic E-state index is 1.17. The second-order valence-electron chi connectivity index (χ2n) is 4.85. The van der Waals surface area contributed by atoms with Gasteiger partial charge in [-0.2, -0.15) is 0 Å². The Balaban J connectivity index is 2.14. The Bertz CT molecular complexity index is 635. The van der Waals surface area contributed by atoms with Gasteiger partial charge in [0.2, 0.25) is 0 Å². The van der Waals surface area contributed by atoms with Gasteiger partial charge in [-0.15, -0.1) is 0 Å². The molecule has 0 amide bonds. The third-order valence-electron chi connectivity index (χ3n) is 3.29. The zero-order valence-electron chi connectivity index (χ0n) is 11.5. The fraction of sp³-hybridized carbons (Fsp3) is 0.0526. The molecule has 0 saturated heterocycles. The highest BCUT2D eigenvalue weighted by Gasteiger charge is 2.11. The molecule has 0 aliphatic carbocycles. The van der Waals surface area contributed by atoms with Crippen LogP contribution in [0.25, 0.3) is 0 Å². The van der Waals surface area contributed by atoms with E-state index in [1.165, 1.54) is 22.6 Å². The molecule has 0 spiro atoms. The van der Waals surface area contributed by atoms with E-state index < -0.39 is 0 Å². The van der Waals surface area contributed by atoms with Gasteiger partial charge in [-0.25, -0.2) is 0 Å². The summed E-state index contributed by atoms with van der Waals surface area (Å²) in [5.74, 6) is 0. The summed E-state index contributed by atoms with van der Waals surface area (Å²) < 4.78 is 0. The van der Waals surface area contributed by atoms with Crippen molar-refractivity contribution in [2.45, 2.75) is 6.92 Å². The fourth-order valence-corrected chi connectivity index (χ4v) is 2.37. The monoisotopic (exact) mass is 259 g/mol. The van der Waals surface area contributed by atoms with E-state index in [9.17, 15) is 0 Å². The molecule has 0 radical (unpaired) electrons. The molecule has 0 aliphatic rings. The van der Waals surface area contributed by atoms with Crippen molar-refractivity contribution in [2.75, 3.05) is 4.90 Å². The Kier molecular flexibility index (Phi) is 3.51. The summed E-state index contributed by atoms with van der Waals surface area (Å²) in [4.78, 5) is 2.27. The van der Waals surface area contributed by atoms with Crippen molar-refractivity contribution in [1.82, 2.24) is 0 Å². The van der Waals surface area contributed by atoms with Crippen molar-refractivity contribution >= 4 is 17.1 Å². The fourth-order valence-electron chi connectivity index (χ4n) is 2.37. The van der Waals surface area contributed by atoms with Crippen LogP contribution in [0.3, 0.4) is 0 Å². The van der Waals surface area contributed by atoms with Gasteiger partial charge >= 0.3 is 0 Å². The van der Waals surface area contributed by atoms with E-state index in [4.69, 9.17) is 0 Å². The lowest BCUT2D eigenvalue weighted by molar-refractivity contribution is 1.27. The van der Waals surface area contributed by atoms with Gasteiger partial charge in [0.25, 0.3) is 0 Å². The average Bonchev–Trinajstić information content (AvgIpc) is 2.50. The molecule has 0 saturated carbocycles. The number of rotatable bonds is 3. The first-order valence-electron chi connectivity index (χ1n) is 6.81. The Hall–Kier alpha value is -2.54. The van der Waals surface area contributed by atoms with E-state index in [1.54, 1.807) is 0 Å². The first-order valence-corrected chi connectivity index (χ1v) is 6.81. The molecular formula is C19H17N. The average molecular weight is 259 g/mol. The molecule has 1 heteroatoms. The van der Waals surface area contributed by atoms with Crippen molar-refractivity contribution in [3.05, 3.63) is 90.5 Å². The molecule has 0 atom stereocenters. The topological polar surface area (TPSA) is 3.24 Å². The number of nitrogens with zero attached hydrogens (tertiary/aromatic N) is 1. The van der Waals surface area contributed by atoms with Crippen LogP contribution in [0.4, 0.5) is 17.1 Å². The normalized spacial score (nSPS) is 10.2. The first kappa shape index (κ1) is 12.5. The Morgan fingerprint density at radius 3 is 1.55 bits per heavy atom. The molecule has 3 aromatic carbocycles.